The van der Waals surface area contributed by atoms with E-state index in [4.69, 9.17) is 4.74 Å². The Kier molecular flexibility index (Phi) is 7.11. The van der Waals surface area contributed by atoms with Crippen molar-refractivity contribution in [3.8, 4) is 0 Å². The van der Waals surface area contributed by atoms with Gasteiger partial charge in [0.25, 0.3) is 0 Å². The highest BCUT2D eigenvalue weighted by Gasteiger charge is 2.02. The molecule has 0 unspecified atom stereocenters. The van der Waals surface area contributed by atoms with Crippen molar-refractivity contribution < 1.29 is 14.3 Å². The van der Waals surface area contributed by atoms with Crippen LogP contribution in [0.15, 0.2) is 30.3 Å². The van der Waals surface area contributed by atoms with Crippen LogP contribution in [0.5, 0.6) is 0 Å². The molecule has 1 rings (SSSR count). The van der Waals surface area contributed by atoms with Crippen molar-refractivity contribution >= 4 is 18.0 Å². The maximum Gasteiger partial charge on any atom is 0.310 e. The lowest BCUT2D eigenvalue weighted by atomic mass is 10.1. The van der Waals surface area contributed by atoms with E-state index >= 15 is 0 Å². The van der Waals surface area contributed by atoms with Crippen LogP contribution in [0.25, 0.3) is 6.08 Å². The smallest absolute Gasteiger partial charge is 0.310 e. The maximum absolute atomic E-state index is 11.3. The fourth-order valence-electron chi connectivity index (χ4n) is 1.68. The van der Waals surface area contributed by atoms with E-state index in [1.165, 1.54) is 6.92 Å². The van der Waals surface area contributed by atoms with Crippen molar-refractivity contribution in [1.29, 1.82) is 0 Å². The van der Waals surface area contributed by atoms with Gasteiger partial charge in [0.2, 0.25) is 5.91 Å². The molecule has 0 heterocycles. The Morgan fingerprint density at radius 1 is 1.25 bits per heavy atom. The molecule has 0 fully saturated rings. The number of rotatable bonds is 7. The molecule has 1 amide bonds. The van der Waals surface area contributed by atoms with Crippen LogP contribution >= 0.6 is 0 Å². The van der Waals surface area contributed by atoms with Crippen LogP contribution in [0, 0.1) is 0 Å². The first-order valence-electron chi connectivity index (χ1n) is 6.77. The number of amides is 1. The van der Waals surface area contributed by atoms with E-state index in [9.17, 15) is 9.59 Å². The van der Waals surface area contributed by atoms with E-state index in [1.807, 2.05) is 36.4 Å². The van der Waals surface area contributed by atoms with Crippen molar-refractivity contribution in [3.05, 3.63) is 41.5 Å². The lowest BCUT2D eigenvalue weighted by Gasteiger charge is -2.02. The first-order chi connectivity index (χ1) is 9.61. The topological polar surface area (TPSA) is 55.4 Å². The molecular formula is C16H21NO3. The number of hydrogen-bond acceptors (Lipinski definition) is 3. The van der Waals surface area contributed by atoms with Crippen LogP contribution in [0.4, 0.5) is 0 Å². The molecule has 4 heteroatoms. The molecular weight excluding hydrogens is 254 g/mol. The highest BCUT2D eigenvalue weighted by atomic mass is 16.5. The molecule has 1 N–H and O–H groups in total. The average Bonchev–Trinajstić information content (AvgIpc) is 2.40. The van der Waals surface area contributed by atoms with Crippen LogP contribution in [0.2, 0.25) is 0 Å². The summed E-state index contributed by atoms with van der Waals surface area (Å²) in [5.41, 5.74) is 2.01. The Hall–Kier alpha value is -2.10. The van der Waals surface area contributed by atoms with E-state index in [0.717, 1.165) is 17.5 Å². The predicted molar refractivity (Wildman–Crippen MR) is 79.1 cm³/mol. The second kappa shape index (κ2) is 8.91. The number of carbonyl (C=O) groups excluding carboxylic acids is 2. The van der Waals surface area contributed by atoms with Crippen molar-refractivity contribution in [3.63, 3.8) is 0 Å². The molecule has 0 spiro atoms. The lowest BCUT2D eigenvalue weighted by molar-refractivity contribution is -0.142. The Balaban J connectivity index is 2.40. The number of benzene rings is 1. The van der Waals surface area contributed by atoms with Gasteiger partial charge in [-0.2, -0.15) is 0 Å². The molecule has 1 aromatic carbocycles. The predicted octanol–water partition coefficient (Wildman–Crippen LogP) is 2.33. The molecule has 1 aromatic rings. The molecule has 108 valence electrons. The lowest BCUT2D eigenvalue weighted by Crippen LogP contribution is -2.20. The normalized spacial score (nSPS) is 10.5. The standard InChI is InChI=1S/C16H21NO3/c1-3-20-16(19)12-15-9-7-14(8-10-15)6-4-5-11-17-13(2)18/h4,6-10H,3,5,11-12H2,1-2H3,(H,17,18). The third-order valence-electron chi connectivity index (χ3n) is 2.63. The minimum absolute atomic E-state index is 0.0123. The number of ether oxygens (including phenoxy) is 1. The molecule has 0 saturated carbocycles. The summed E-state index contributed by atoms with van der Waals surface area (Å²) in [7, 11) is 0. The number of hydrogen-bond donors (Lipinski definition) is 1. The Bertz CT molecular complexity index is 463. The average molecular weight is 275 g/mol. The van der Waals surface area contributed by atoms with Crippen LogP contribution in [0.1, 0.15) is 31.4 Å². The van der Waals surface area contributed by atoms with Gasteiger partial charge in [0.15, 0.2) is 0 Å². The summed E-state index contributed by atoms with van der Waals surface area (Å²) in [5.74, 6) is -0.215. The molecule has 4 nitrogen and oxygen atoms in total. The summed E-state index contributed by atoms with van der Waals surface area (Å²) in [6, 6.07) is 7.77. The molecule has 0 bridgehead atoms. The molecule has 20 heavy (non-hydrogen) atoms. The van der Waals surface area contributed by atoms with Crippen LogP contribution in [-0.4, -0.2) is 25.0 Å². The van der Waals surface area contributed by atoms with E-state index < -0.39 is 0 Å². The van der Waals surface area contributed by atoms with Gasteiger partial charge in [-0.25, -0.2) is 0 Å². The van der Waals surface area contributed by atoms with Gasteiger partial charge in [-0.05, 0) is 24.5 Å². The summed E-state index contributed by atoms with van der Waals surface area (Å²) in [6.07, 6.45) is 5.11. The summed E-state index contributed by atoms with van der Waals surface area (Å²) in [4.78, 5) is 22.0. The third-order valence-corrected chi connectivity index (χ3v) is 2.63. The zero-order valence-corrected chi connectivity index (χ0v) is 12.0. The summed E-state index contributed by atoms with van der Waals surface area (Å²) in [6.45, 7) is 4.36. The highest BCUT2D eigenvalue weighted by Crippen LogP contribution is 2.08. The van der Waals surface area contributed by atoms with Crippen LogP contribution in [-0.2, 0) is 20.7 Å². The zero-order valence-electron chi connectivity index (χ0n) is 12.0. The second-order valence-corrected chi connectivity index (χ2v) is 4.40. The molecule has 0 aliphatic heterocycles. The fraction of sp³-hybridized carbons (Fsp3) is 0.375. The van der Waals surface area contributed by atoms with Gasteiger partial charge in [0, 0.05) is 13.5 Å². The van der Waals surface area contributed by atoms with Gasteiger partial charge in [-0.15, -0.1) is 0 Å². The van der Waals surface area contributed by atoms with Crippen molar-refractivity contribution in [2.24, 2.45) is 0 Å². The van der Waals surface area contributed by atoms with E-state index in [-0.39, 0.29) is 11.9 Å². The SMILES string of the molecule is CCOC(=O)Cc1ccc(C=CCCNC(C)=O)cc1. The van der Waals surface area contributed by atoms with Crippen LogP contribution < -0.4 is 5.32 Å². The van der Waals surface area contributed by atoms with Crippen molar-refractivity contribution in [2.75, 3.05) is 13.2 Å². The second-order valence-electron chi connectivity index (χ2n) is 4.40. The minimum atomic E-state index is -0.203. The van der Waals surface area contributed by atoms with E-state index in [0.29, 0.717) is 19.6 Å². The summed E-state index contributed by atoms with van der Waals surface area (Å²) >= 11 is 0. The van der Waals surface area contributed by atoms with Gasteiger partial charge >= 0.3 is 5.97 Å². The number of nitrogens with one attached hydrogen (secondary N) is 1. The largest absolute Gasteiger partial charge is 0.466 e. The van der Waals surface area contributed by atoms with Gasteiger partial charge < -0.3 is 10.1 Å². The summed E-state index contributed by atoms with van der Waals surface area (Å²) < 4.78 is 4.90. The van der Waals surface area contributed by atoms with E-state index in [1.54, 1.807) is 6.92 Å². The van der Waals surface area contributed by atoms with Gasteiger partial charge in [-0.3, -0.25) is 9.59 Å². The molecule has 0 radical (unpaired) electrons. The van der Waals surface area contributed by atoms with Crippen molar-refractivity contribution in [1.82, 2.24) is 5.32 Å². The molecule has 0 saturated heterocycles. The van der Waals surface area contributed by atoms with Gasteiger partial charge in [0.1, 0.15) is 0 Å². The zero-order chi connectivity index (χ0) is 14.8. The van der Waals surface area contributed by atoms with Crippen molar-refractivity contribution in [2.45, 2.75) is 26.7 Å². The molecule has 0 aliphatic rings. The highest BCUT2D eigenvalue weighted by molar-refractivity contribution is 5.73. The minimum Gasteiger partial charge on any atom is -0.466 e. The fourth-order valence-corrected chi connectivity index (χ4v) is 1.68. The van der Waals surface area contributed by atoms with Gasteiger partial charge in [0.05, 0.1) is 13.0 Å². The number of carbonyl (C=O) groups is 2. The van der Waals surface area contributed by atoms with Crippen LogP contribution in [0.3, 0.4) is 0 Å². The van der Waals surface area contributed by atoms with E-state index in [2.05, 4.69) is 5.32 Å². The molecule has 0 aliphatic carbocycles. The first kappa shape index (κ1) is 16.0. The quantitative estimate of drug-likeness (QED) is 0.614. The summed E-state index contributed by atoms with van der Waals surface area (Å²) in [5, 5.41) is 2.73. The van der Waals surface area contributed by atoms with Gasteiger partial charge in [-0.1, -0.05) is 36.4 Å². The first-order valence-corrected chi connectivity index (χ1v) is 6.77. The monoisotopic (exact) mass is 275 g/mol. The molecule has 0 atom stereocenters. The third kappa shape index (κ3) is 6.73. The Labute approximate surface area is 119 Å². The maximum atomic E-state index is 11.3. The Morgan fingerprint density at radius 2 is 1.95 bits per heavy atom. The molecule has 0 aromatic heterocycles. The Morgan fingerprint density at radius 3 is 2.55 bits per heavy atom. The number of esters is 1.